The van der Waals surface area contributed by atoms with Gasteiger partial charge in [-0.05, 0) is 40.2 Å². The molecule has 2 rings (SSSR count). The largest absolute Gasteiger partial charge is 0.478 e. The second-order valence-corrected chi connectivity index (χ2v) is 7.54. The van der Waals surface area contributed by atoms with Gasteiger partial charge in [-0.15, -0.1) is 0 Å². The fraction of sp³-hybridized carbons (Fsp3) is 0.579. The molecule has 0 bridgehead atoms. The van der Waals surface area contributed by atoms with Crippen LogP contribution in [0.4, 0.5) is 0 Å². The molecule has 0 saturated carbocycles. The van der Waals surface area contributed by atoms with Crippen molar-refractivity contribution in [3.05, 3.63) is 28.3 Å². The molecule has 0 radical (unpaired) electrons. The van der Waals surface area contributed by atoms with Gasteiger partial charge in [-0.2, -0.15) is 0 Å². The van der Waals surface area contributed by atoms with Crippen LogP contribution in [0.25, 0.3) is 11.2 Å². The Morgan fingerprint density at radius 1 is 1.32 bits per heavy atom. The number of aromatic carboxylic acids is 1. The predicted octanol–water partition coefficient (Wildman–Crippen LogP) is 1.80. The Labute approximate surface area is 163 Å². The lowest BCUT2D eigenvalue weighted by atomic mass is 10.1. The van der Waals surface area contributed by atoms with Gasteiger partial charge in [0.25, 0.3) is 0 Å². The smallest absolute Gasteiger partial charge is 0.337 e. The first kappa shape index (κ1) is 21.6. The molecule has 1 atom stereocenters. The molecule has 1 unspecified atom stereocenters. The lowest BCUT2D eigenvalue weighted by molar-refractivity contribution is -0.125. The van der Waals surface area contributed by atoms with Gasteiger partial charge in [-0.3, -0.25) is 13.9 Å². The van der Waals surface area contributed by atoms with Crippen molar-refractivity contribution in [2.45, 2.75) is 59.2 Å². The molecule has 2 N–H and O–H groups in total. The first-order valence-corrected chi connectivity index (χ1v) is 9.34. The van der Waals surface area contributed by atoms with E-state index in [2.05, 4.69) is 10.3 Å². The summed E-state index contributed by atoms with van der Waals surface area (Å²) in [6, 6.07) is 0.601. The topological polar surface area (TPSA) is 115 Å². The third-order valence-corrected chi connectivity index (χ3v) is 4.21. The van der Waals surface area contributed by atoms with Crippen LogP contribution >= 0.6 is 0 Å². The maximum Gasteiger partial charge on any atom is 0.337 e. The molecule has 2 heterocycles. The molecule has 0 saturated heterocycles. The third kappa shape index (κ3) is 4.59. The Bertz CT molecular complexity index is 923. The van der Waals surface area contributed by atoms with Gasteiger partial charge >= 0.3 is 11.7 Å². The summed E-state index contributed by atoms with van der Waals surface area (Å²) >= 11 is 0. The lowest BCUT2D eigenvalue weighted by Crippen LogP contribution is -2.46. The molecule has 0 aliphatic rings. The van der Waals surface area contributed by atoms with Crippen molar-refractivity contribution >= 4 is 23.0 Å². The number of imidazole rings is 1. The van der Waals surface area contributed by atoms with Gasteiger partial charge in [-0.1, -0.05) is 6.92 Å². The van der Waals surface area contributed by atoms with Gasteiger partial charge in [0.05, 0.1) is 24.2 Å². The number of rotatable bonds is 8. The van der Waals surface area contributed by atoms with Gasteiger partial charge < -0.3 is 15.2 Å². The SMILES string of the molecule is CCOCCn1c(=O)n(C(CC)C(=O)NC(C)(C)C)c2cc(C(=O)O)cnc21. The summed E-state index contributed by atoms with van der Waals surface area (Å²) in [4.78, 5) is 41.5. The number of amides is 1. The lowest BCUT2D eigenvalue weighted by Gasteiger charge is -2.25. The highest BCUT2D eigenvalue weighted by Crippen LogP contribution is 2.20. The average molecular weight is 392 g/mol. The number of carboxylic acids is 1. The Hall–Kier alpha value is -2.68. The first-order chi connectivity index (χ1) is 13.1. The van der Waals surface area contributed by atoms with E-state index in [9.17, 15) is 19.5 Å². The molecule has 28 heavy (non-hydrogen) atoms. The third-order valence-electron chi connectivity index (χ3n) is 4.21. The Balaban J connectivity index is 2.65. The van der Waals surface area contributed by atoms with E-state index in [4.69, 9.17) is 4.74 Å². The van der Waals surface area contributed by atoms with E-state index in [1.165, 1.54) is 21.4 Å². The maximum atomic E-state index is 13.1. The van der Waals surface area contributed by atoms with Crippen molar-refractivity contribution < 1.29 is 19.4 Å². The van der Waals surface area contributed by atoms with Crippen LogP contribution in [0, 0.1) is 0 Å². The van der Waals surface area contributed by atoms with Gasteiger partial charge in [-0.25, -0.2) is 14.6 Å². The van der Waals surface area contributed by atoms with Crippen molar-refractivity contribution in [3.8, 4) is 0 Å². The van der Waals surface area contributed by atoms with Crippen LogP contribution < -0.4 is 11.0 Å². The molecular weight excluding hydrogens is 364 g/mol. The Morgan fingerprint density at radius 3 is 2.54 bits per heavy atom. The second kappa shape index (κ2) is 8.55. The number of aromatic nitrogens is 3. The minimum atomic E-state index is -1.15. The number of pyridine rings is 1. The fourth-order valence-electron chi connectivity index (χ4n) is 3.01. The molecule has 9 nitrogen and oxygen atoms in total. The summed E-state index contributed by atoms with van der Waals surface area (Å²) < 4.78 is 8.10. The standard InChI is InChI=1S/C19H28N4O5/c1-6-13(16(24)21-19(3,4)5)23-14-10-12(17(25)26)11-20-15(14)22(18(23)27)8-9-28-7-2/h10-11,13H,6-9H2,1-5H3,(H,21,24)(H,25,26). The monoisotopic (exact) mass is 392 g/mol. The second-order valence-electron chi connectivity index (χ2n) is 7.54. The van der Waals surface area contributed by atoms with Gasteiger partial charge in [0.1, 0.15) is 6.04 Å². The molecule has 9 heteroatoms. The predicted molar refractivity (Wildman–Crippen MR) is 105 cm³/mol. The van der Waals surface area contributed by atoms with Gasteiger partial charge in [0.2, 0.25) is 5.91 Å². The molecule has 1 amide bonds. The Morgan fingerprint density at radius 2 is 2.00 bits per heavy atom. The van der Waals surface area contributed by atoms with Crippen LogP contribution in [0.2, 0.25) is 0 Å². The minimum absolute atomic E-state index is 0.0470. The zero-order valence-electron chi connectivity index (χ0n) is 17.0. The highest BCUT2D eigenvalue weighted by Gasteiger charge is 2.28. The maximum absolute atomic E-state index is 13.1. The average Bonchev–Trinajstić information content (AvgIpc) is 2.86. The molecule has 0 aliphatic carbocycles. The summed E-state index contributed by atoms with van der Waals surface area (Å²) in [7, 11) is 0. The molecule has 0 aliphatic heterocycles. The van der Waals surface area contributed by atoms with Crippen molar-refractivity contribution in [3.63, 3.8) is 0 Å². The van der Waals surface area contributed by atoms with E-state index in [0.29, 0.717) is 30.8 Å². The summed E-state index contributed by atoms with van der Waals surface area (Å²) in [6.07, 6.45) is 1.57. The normalized spacial score (nSPS) is 12.9. The van der Waals surface area contributed by atoms with Crippen LogP contribution in [0.3, 0.4) is 0 Å². The number of hydrogen-bond donors (Lipinski definition) is 2. The molecule has 0 aromatic carbocycles. The summed E-state index contributed by atoms with van der Waals surface area (Å²) in [5, 5.41) is 12.2. The van der Waals surface area contributed by atoms with E-state index in [1.807, 2.05) is 27.7 Å². The number of carbonyl (C=O) groups excluding carboxylic acids is 1. The molecule has 2 aromatic heterocycles. The summed E-state index contributed by atoms with van der Waals surface area (Å²) in [5.41, 5.74) is -0.282. The van der Waals surface area contributed by atoms with E-state index in [0.717, 1.165) is 0 Å². The van der Waals surface area contributed by atoms with Crippen LogP contribution in [0.1, 0.15) is 57.4 Å². The number of ether oxygens (including phenoxy) is 1. The Kier molecular flexibility index (Phi) is 6.60. The highest BCUT2D eigenvalue weighted by atomic mass is 16.5. The molecular formula is C19H28N4O5. The van der Waals surface area contributed by atoms with E-state index < -0.39 is 23.2 Å². The van der Waals surface area contributed by atoms with E-state index in [1.54, 1.807) is 6.92 Å². The molecule has 154 valence electrons. The summed E-state index contributed by atoms with van der Waals surface area (Å²) in [5.74, 6) is -1.45. The number of nitrogens with zero attached hydrogens (tertiary/aromatic N) is 3. The number of fused-ring (bicyclic) bond motifs is 1. The number of carbonyl (C=O) groups is 2. The number of nitrogens with one attached hydrogen (secondary N) is 1. The van der Waals surface area contributed by atoms with Crippen molar-refractivity contribution in [2.24, 2.45) is 0 Å². The van der Waals surface area contributed by atoms with Crippen LogP contribution in [-0.2, 0) is 16.1 Å². The van der Waals surface area contributed by atoms with E-state index >= 15 is 0 Å². The van der Waals surface area contributed by atoms with Crippen molar-refractivity contribution in [1.82, 2.24) is 19.4 Å². The fourth-order valence-corrected chi connectivity index (χ4v) is 3.01. The zero-order chi connectivity index (χ0) is 21.1. The van der Waals surface area contributed by atoms with Crippen LogP contribution in [-0.4, -0.2) is 49.9 Å². The number of carboxylic acid groups (broad SMARTS) is 1. The van der Waals surface area contributed by atoms with Crippen molar-refractivity contribution in [1.29, 1.82) is 0 Å². The highest BCUT2D eigenvalue weighted by molar-refractivity contribution is 5.91. The minimum Gasteiger partial charge on any atom is -0.478 e. The van der Waals surface area contributed by atoms with Crippen LogP contribution in [0.5, 0.6) is 0 Å². The number of hydrogen-bond acceptors (Lipinski definition) is 5. The van der Waals surface area contributed by atoms with Gasteiger partial charge in [0.15, 0.2) is 5.65 Å². The van der Waals surface area contributed by atoms with Gasteiger partial charge in [0, 0.05) is 18.3 Å². The molecule has 2 aromatic rings. The van der Waals surface area contributed by atoms with Crippen LogP contribution in [0.15, 0.2) is 17.1 Å². The molecule has 0 spiro atoms. The summed E-state index contributed by atoms with van der Waals surface area (Å²) in [6.45, 7) is 10.3. The first-order valence-electron chi connectivity index (χ1n) is 9.34. The van der Waals surface area contributed by atoms with E-state index in [-0.39, 0.29) is 18.0 Å². The molecule has 0 fully saturated rings. The quantitative estimate of drug-likeness (QED) is 0.662. The zero-order valence-corrected chi connectivity index (χ0v) is 17.0. The van der Waals surface area contributed by atoms with Crippen molar-refractivity contribution in [2.75, 3.05) is 13.2 Å².